The number of sulfone groups is 1. The minimum atomic E-state index is -3.17. The van der Waals surface area contributed by atoms with E-state index in [1.165, 1.54) is 5.56 Å². The minimum absolute atomic E-state index is 0.0714. The van der Waals surface area contributed by atoms with Gasteiger partial charge in [0.05, 0.1) is 13.2 Å². The number of amides is 2. The van der Waals surface area contributed by atoms with E-state index < -0.39 is 15.9 Å². The van der Waals surface area contributed by atoms with E-state index in [1.54, 1.807) is 0 Å². The van der Waals surface area contributed by atoms with Gasteiger partial charge < -0.3 is 15.5 Å². The lowest BCUT2D eigenvalue weighted by molar-refractivity contribution is 0.0342. The molecule has 0 bridgehead atoms. The van der Waals surface area contributed by atoms with Gasteiger partial charge in [-0.1, -0.05) is 24.3 Å². The highest BCUT2D eigenvalue weighted by atomic mass is 32.2. The molecular weight excluding hydrogens is 602 g/mol. The number of hydrogen-bond donors (Lipinski definition) is 2. The van der Waals surface area contributed by atoms with Crippen molar-refractivity contribution in [2.24, 2.45) is 5.73 Å². The number of aryl methyl sites for hydroxylation is 1. The highest BCUT2D eigenvalue weighted by molar-refractivity contribution is 7.91. The van der Waals surface area contributed by atoms with Crippen LogP contribution in [0.5, 0.6) is 0 Å². The van der Waals surface area contributed by atoms with Gasteiger partial charge in [-0.2, -0.15) is 5.10 Å². The smallest absolute Gasteiger partial charge is 0.379 e. The van der Waals surface area contributed by atoms with E-state index in [0.29, 0.717) is 12.2 Å². The van der Waals surface area contributed by atoms with Gasteiger partial charge in [0.1, 0.15) is 41.6 Å². The lowest BCUT2D eigenvalue weighted by atomic mass is 9.99. The molecule has 0 atom stereocenters. The number of nitrogens with zero attached hydrogens (tertiary/aromatic N) is 5. The standard InChI is InChI=1S/C34H37N7O4S/c1-2-40-23-30(32(38-40)26-7-9-27(10-8-26)41(34(35)42)15-19-46(43,44)20-16-41)28-11-12-36-33-29(28)21-31(37-33)25-5-3-24(4-6-25)22-39-13-17-45-18-14-39/h3-12,21,23H,2,13-20,22H2,1H3,(H2-,35,36,37,42)/p+1. The molecule has 2 amide bonds. The van der Waals surface area contributed by atoms with Gasteiger partial charge in [0.15, 0.2) is 9.84 Å². The number of fused-ring (bicyclic) bond motifs is 1. The summed E-state index contributed by atoms with van der Waals surface area (Å²) in [5, 5.41) is 5.91. The first-order valence-corrected chi connectivity index (χ1v) is 17.5. The molecule has 12 heteroatoms. The van der Waals surface area contributed by atoms with Gasteiger partial charge in [0.25, 0.3) is 0 Å². The van der Waals surface area contributed by atoms with Crippen molar-refractivity contribution in [1.82, 2.24) is 29.1 Å². The average Bonchev–Trinajstić information content (AvgIpc) is 3.71. The van der Waals surface area contributed by atoms with Crippen LogP contribution in [0.25, 0.3) is 44.7 Å². The van der Waals surface area contributed by atoms with E-state index in [9.17, 15) is 13.2 Å². The summed E-state index contributed by atoms with van der Waals surface area (Å²) in [6, 6.07) is 19.9. The number of carbonyl (C=O) groups is 1. The maximum atomic E-state index is 12.6. The monoisotopic (exact) mass is 640 g/mol. The summed E-state index contributed by atoms with van der Waals surface area (Å²) in [6.45, 7) is 7.42. The van der Waals surface area contributed by atoms with Crippen LogP contribution in [0.15, 0.2) is 73.1 Å². The lowest BCUT2D eigenvalue weighted by Crippen LogP contribution is -2.63. The molecular formula is C34H38N7O4S+. The van der Waals surface area contributed by atoms with Gasteiger partial charge in [0.2, 0.25) is 0 Å². The van der Waals surface area contributed by atoms with Crippen molar-refractivity contribution < 1.29 is 17.9 Å². The second-order valence-corrected chi connectivity index (χ2v) is 14.4. The Hall–Kier alpha value is -4.36. The number of nitrogens with two attached hydrogens (primary N) is 1. The molecule has 2 aliphatic rings. The second-order valence-electron chi connectivity index (χ2n) is 12.1. The molecule has 2 aromatic carbocycles. The van der Waals surface area contributed by atoms with Gasteiger partial charge in [-0.15, -0.1) is 0 Å². The summed E-state index contributed by atoms with van der Waals surface area (Å²) in [6.07, 6.45) is 3.86. The first-order valence-electron chi connectivity index (χ1n) is 15.7. The summed E-state index contributed by atoms with van der Waals surface area (Å²) < 4.78 is 31.4. The number of primary amides is 1. The molecule has 0 spiro atoms. The molecule has 2 fully saturated rings. The van der Waals surface area contributed by atoms with E-state index in [4.69, 9.17) is 15.6 Å². The molecule has 2 saturated heterocycles. The average molecular weight is 641 g/mol. The zero-order chi connectivity index (χ0) is 31.9. The van der Waals surface area contributed by atoms with Crippen molar-refractivity contribution in [3.8, 4) is 33.6 Å². The second kappa shape index (κ2) is 12.1. The highest BCUT2D eigenvalue weighted by Gasteiger charge is 2.43. The third kappa shape index (κ3) is 5.73. The van der Waals surface area contributed by atoms with Crippen LogP contribution in [0.1, 0.15) is 12.5 Å². The lowest BCUT2D eigenvalue weighted by Gasteiger charge is -2.36. The molecule has 2 aliphatic heterocycles. The first kappa shape index (κ1) is 30.3. The van der Waals surface area contributed by atoms with Crippen LogP contribution in [0.3, 0.4) is 0 Å². The molecule has 3 aromatic heterocycles. The van der Waals surface area contributed by atoms with E-state index in [2.05, 4.69) is 51.4 Å². The van der Waals surface area contributed by atoms with Gasteiger partial charge in [-0.05, 0) is 47.9 Å². The Bertz CT molecular complexity index is 1980. The molecule has 46 heavy (non-hydrogen) atoms. The Kier molecular flexibility index (Phi) is 7.97. The number of nitrogens with one attached hydrogen (secondary N) is 1. The first-order chi connectivity index (χ1) is 22.2. The molecule has 3 N–H and O–H groups in total. The van der Waals surface area contributed by atoms with Crippen molar-refractivity contribution in [2.45, 2.75) is 20.0 Å². The van der Waals surface area contributed by atoms with E-state index in [-0.39, 0.29) is 29.1 Å². The van der Waals surface area contributed by atoms with Crippen molar-refractivity contribution in [1.29, 1.82) is 0 Å². The third-order valence-corrected chi connectivity index (χ3v) is 10.9. The number of morpholine rings is 1. The normalized spacial score (nSPS) is 18.1. The number of urea groups is 1. The molecule has 0 aliphatic carbocycles. The van der Waals surface area contributed by atoms with E-state index >= 15 is 0 Å². The van der Waals surface area contributed by atoms with Gasteiger partial charge in [-0.25, -0.2) is 22.7 Å². The molecule has 7 rings (SSSR count). The Morgan fingerprint density at radius 1 is 0.978 bits per heavy atom. The molecule has 0 unspecified atom stereocenters. The van der Waals surface area contributed by atoms with Crippen LogP contribution in [0.2, 0.25) is 0 Å². The van der Waals surface area contributed by atoms with Gasteiger partial charge in [0, 0.05) is 72.9 Å². The Morgan fingerprint density at radius 3 is 2.35 bits per heavy atom. The molecule has 5 aromatic rings. The van der Waals surface area contributed by atoms with Crippen LogP contribution in [0, 0.1) is 0 Å². The summed E-state index contributed by atoms with van der Waals surface area (Å²) in [4.78, 5) is 23.2. The van der Waals surface area contributed by atoms with Gasteiger partial charge >= 0.3 is 6.03 Å². The predicted octanol–water partition coefficient (Wildman–Crippen LogP) is 4.43. The molecule has 0 saturated carbocycles. The van der Waals surface area contributed by atoms with Gasteiger partial charge in [-0.3, -0.25) is 9.58 Å². The number of carbonyl (C=O) groups excluding carboxylic acids is 1. The summed E-state index contributed by atoms with van der Waals surface area (Å²) >= 11 is 0. The summed E-state index contributed by atoms with van der Waals surface area (Å²) in [7, 11) is -3.17. The number of H-pyrrole nitrogens is 1. The van der Waals surface area contributed by atoms with Crippen LogP contribution in [-0.4, -0.2) is 90.0 Å². The number of hydrogen-bond acceptors (Lipinski definition) is 7. The van der Waals surface area contributed by atoms with E-state index in [0.717, 1.165) is 77.5 Å². The zero-order valence-corrected chi connectivity index (χ0v) is 26.7. The minimum Gasteiger partial charge on any atom is -0.379 e. The van der Waals surface area contributed by atoms with Crippen molar-refractivity contribution >= 4 is 32.6 Å². The Balaban J connectivity index is 1.20. The molecule has 5 heterocycles. The number of benzene rings is 2. The van der Waals surface area contributed by atoms with Crippen LogP contribution in [-0.2, 0) is 27.7 Å². The highest BCUT2D eigenvalue weighted by Crippen LogP contribution is 2.38. The molecule has 238 valence electrons. The maximum absolute atomic E-state index is 12.6. The number of aromatic amines is 1. The predicted molar refractivity (Wildman–Crippen MR) is 180 cm³/mol. The summed E-state index contributed by atoms with van der Waals surface area (Å²) in [5.74, 6) is -0.143. The van der Waals surface area contributed by atoms with Crippen molar-refractivity contribution in [3.05, 3.63) is 78.6 Å². The fraction of sp³-hybridized carbons (Fsp3) is 0.324. The molecule has 11 nitrogen and oxygen atoms in total. The topological polar surface area (TPSA) is 136 Å². The summed E-state index contributed by atoms with van der Waals surface area (Å²) in [5.41, 5.74) is 14.3. The fourth-order valence-corrected chi connectivity index (χ4v) is 7.92. The Labute approximate surface area is 268 Å². The number of pyridine rings is 1. The number of ether oxygens (including phenoxy) is 1. The quantitative estimate of drug-likeness (QED) is 0.251. The third-order valence-electron chi connectivity index (χ3n) is 9.31. The molecule has 0 radical (unpaired) electrons. The number of rotatable bonds is 7. The maximum Gasteiger partial charge on any atom is 0.419 e. The Morgan fingerprint density at radius 2 is 1.67 bits per heavy atom. The van der Waals surface area contributed by atoms with Crippen LogP contribution >= 0.6 is 0 Å². The zero-order valence-electron chi connectivity index (χ0n) is 25.9. The number of aromatic nitrogens is 4. The SMILES string of the molecule is CCn1cc(-c2ccnc3[nH]c(-c4ccc(CN5CCOCC5)cc4)cc23)c(-c2ccc([N+]3(C(N)=O)CCS(=O)(=O)CC3)cc2)n1. The fourth-order valence-electron chi connectivity index (χ4n) is 6.53. The van der Waals surface area contributed by atoms with Crippen molar-refractivity contribution in [2.75, 3.05) is 50.9 Å². The van der Waals surface area contributed by atoms with E-state index in [1.807, 2.05) is 48.1 Å². The van der Waals surface area contributed by atoms with Crippen molar-refractivity contribution in [3.63, 3.8) is 0 Å². The van der Waals surface area contributed by atoms with Crippen LogP contribution in [0.4, 0.5) is 10.5 Å². The number of quaternary nitrogens is 1. The largest absolute Gasteiger partial charge is 0.419 e. The van der Waals surface area contributed by atoms with Crippen LogP contribution < -0.4 is 10.2 Å².